The Kier molecular flexibility index (Phi) is 4.05. The van der Waals surface area contributed by atoms with Gasteiger partial charge < -0.3 is 4.74 Å². The third-order valence-electron chi connectivity index (χ3n) is 2.94. The van der Waals surface area contributed by atoms with Gasteiger partial charge in [0.1, 0.15) is 17.0 Å². The highest BCUT2D eigenvalue weighted by Crippen LogP contribution is 2.30. The quantitative estimate of drug-likeness (QED) is 0.860. The van der Waals surface area contributed by atoms with Crippen LogP contribution in [0.4, 0.5) is 0 Å². The summed E-state index contributed by atoms with van der Waals surface area (Å²) >= 11 is 3.46. The van der Waals surface area contributed by atoms with Crippen LogP contribution in [0.3, 0.4) is 0 Å². The van der Waals surface area contributed by atoms with Crippen molar-refractivity contribution in [2.45, 2.75) is 19.3 Å². The van der Waals surface area contributed by atoms with Gasteiger partial charge in [0.2, 0.25) is 0 Å². The zero-order valence-corrected chi connectivity index (χ0v) is 13.1. The van der Waals surface area contributed by atoms with E-state index in [4.69, 9.17) is 10.00 Å². The molecule has 20 heavy (non-hydrogen) atoms. The summed E-state index contributed by atoms with van der Waals surface area (Å²) in [5.74, 6) is 1.28. The van der Waals surface area contributed by atoms with Crippen LogP contribution in [0.5, 0.6) is 5.75 Å². The van der Waals surface area contributed by atoms with E-state index in [0.717, 1.165) is 21.5 Å². The Morgan fingerprint density at radius 3 is 2.65 bits per heavy atom. The molecule has 1 heterocycles. The zero-order valence-electron chi connectivity index (χ0n) is 11.5. The summed E-state index contributed by atoms with van der Waals surface area (Å²) in [6.07, 6.45) is 1.68. The number of hydrogen-bond donors (Lipinski definition) is 0. The minimum Gasteiger partial charge on any atom is -0.496 e. The fourth-order valence-corrected chi connectivity index (χ4v) is 2.24. The van der Waals surface area contributed by atoms with Crippen molar-refractivity contribution in [1.82, 2.24) is 9.97 Å². The van der Waals surface area contributed by atoms with Gasteiger partial charge in [-0.2, -0.15) is 5.26 Å². The number of hydrogen-bond acceptors (Lipinski definition) is 4. The Hall–Kier alpha value is -1.93. The number of methoxy groups -OCH3 is 1. The van der Waals surface area contributed by atoms with Crippen LogP contribution >= 0.6 is 15.9 Å². The SMILES string of the molecule is COc1ccc(-c2ccnc(C(C)(C)C#N)n2)cc1Br. The van der Waals surface area contributed by atoms with Crippen LogP contribution < -0.4 is 4.74 Å². The molecule has 0 radical (unpaired) electrons. The minimum atomic E-state index is -0.709. The molecule has 0 fully saturated rings. The molecule has 0 aliphatic heterocycles. The molecular formula is C15H14BrN3O. The fraction of sp³-hybridized carbons (Fsp3) is 0.267. The maximum Gasteiger partial charge on any atom is 0.148 e. The summed E-state index contributed by atoms with van der Waals surface area (Å²) in [4.78, 5) is 8.68. The van der Waals surface area contributed by atoms with Gasteiger partial charge in [-0.3, -0.25) is 0 Å². The first-order valence-electron chi connectivity index (χ1n) is 6.06. The number of aromatic nitrogens is 2. The third kappa shape index (κ3) is 2.81. The van der Waals surface area contributed by atoms with Gasteiger partial charge in [-0.15, -0.1) is 0 Å². The molecule has 0 bridgehead atoms. The molecule has 0 spiro atoms. The van der Waals surface area contributed by atoms with E-state index in [-0.39, 0.29) is 0 Å². The molecule has 0 unspecified atom stereocenters. The van der Waals surface area contributed by atoms with E-state index < -0.39 is 5.41 Å². The second-order valence-electron chi connectivity index (χ2n) is 4.85. The molecule has 2 aromatic rings. The van der Waals surface area contributed by atoms with Crippen LogP contribution in [0.25, 0.3) is 11.3 Å². The summed E-state index contributed by atoms with van der Waals surface area (Å²) in [5, 5.41) is 9.17. The van der Waals surface area contributed by atoms with Gasteiger partial charge >= 0.3 is 0 Å². The molecule has 0 aliphatic carbocycles. The minimum absolute atomic E-state index is 0.518. The summed E-state index contributed by atoms with van der Waals surface area (Å²) in [6.45, 7) is 3.60. The maximum absolute atomic E-state index is 9.17. The monoisotopic (exact) mass is 331 g/mol. The van der Waals surface area contributed by atoms with Crippen LogP contribution in [-0.4, -0.2) is 17.1 Å². The molecular weight excluding hydrogens is 318 g/mol. The van der Waals surface area contributed by atoms with Crippen LogP contribution in [-0.2, 0) is 5.41 Å². The van der Waals surface area contributed by atoms with Gasteiger partial charge in [0.25, 0.3) is 0 Å². The van der Waals surface area contributed by atoms with E-state index in [1.807, 2.05) is 24.3 Å². The van der Waals surface area contributed by atoms with Crippen molar-refractivity contribution in [3.05, 3.63) is 40.8 Å². The lowest BCUT2D eigenvalue weighted by atomic mass is 9.94. The average molecular weight is 332 g/mol. The second kappa shape index (κ2) is 5.59. The average Bonchev–Trinajstić information content (AvgIpc) is 2.47. The fourth-order valence-electron chi connectivity index (χ4n) is 1.70. The maximum atomic E-state index is 9.17. The first kappa shape index (κ1) is 14.5. The summed E-state index contributed by atoms with van der Waals surface area (Å²) in [7, 11) is 1.62. The highest BCUT2D eigenvalue weighted by molar-refractivity contribution is 9.10. The Balaban J connectivity index is 2.47. The van der Waals surface area contributed by atoms with Crippen LogP contribution in [0, 0.1) is 11.3 Å². The molecule has 0 N–H and O–H groups in total. The first-order valence-corrected chi connectivity index (χ1v) is 6.86. The number of rotatable bonds is 3. The number of nitriles is 1. The van der Waals surface area contributed by atoms with Crippen molar-refractivity contribution in [1.29, 1.82) is 5.26 Å². The van der Waals surface area contributed by atoms with Crippen molar-refractivity contribution in [2.24, 2.45) is 0 Å². The molecule has 4 nitrogen and oxygen atoms in total. The van der Waals surface area contributed by atoms with Crippen LogP contribution in [0.1, 0.15) is 19.7 Å². The van der Waals surface area contributed by atoms with Gasteiger partial charge in [-0.05, 0) is 54.0 Å². The van der Waals surface area contributed by atoms with E-state index in [2.05, 4.69) is 32.0 Å². The van der Waals surface area contributed by atoms with Gasteiger partial charge in [0.15, 0.2) is 0 Å². The topological polar surface area (TPSA) is 58.8 Å². The lowest BCUT2D eigenvalue weighted by Gasteiger charge is -2.14. The molecule has 0 amide bonds. The largest absolute Gasteiger partial charge is 0.496 e. The summed E-state index contributed by atoms with van der Waals surface area (Å²) in [5.41, 5.74) is 1.01. The number of nitrogens with zero attached hydrogens (tertiary/aromatic N) is 3. The Morgan fingerprint density at radius 2 is 2.05 bits per heavy atom. The standard InChI is InChI=1S/C15H14BrN3O/c1-15(2,9-17)14-18-7-6-12(19-14)10-4-5-13(20-3)11(16)8-10/h4-8H,1-3H3. The molecule has 0 atom stereocenters. The van der Waals surface area contributed by atoms with Crippen molar-refractivity contribution in [3.8, 4) is 23.1 Å². The normalized spacial score (nSPS) is 10.9. The molecule has 0 saturated carbocycles. The molecule has 1 aromatic carbocycles. The van der Waals surface area contributed by atoms with Crippen molar-refractivity contribution >= 4 is 15.9 Å². The lowest BCUT2D eigenvalue weighted by molar-refractivity contribution is 0.412. The van der Waals surface area contributed by atoms with E-state index in [0.29, 0.717) is 5.82 Å². The Bertz CT molecular complexity index is 677. The van der Waals surface area contributed by atoms with Gasteiger partial charge in [0.05, 0.1) is 23.3 Å². The molecule has 0 aliphatic rings. The third-order valence-corrected chi connectivity index (χ3v) is 3.56. The summed E-state index contributed by atoms with van der Waals surface area (Å²) in [6, 6.07) is 9.77. The van der Waals surface area contributed by atoms with Crippen LogP contribution in [0.15, 0.2) is 34.9 Å². The van der Waals surface area contributed by atoms with Crippen molar-refractivity contribution < 1.29 is 4.74 Å². The predicted octanol–water partition coefficient (Wildman–Crippen LogP) is 3.72. The molecule has 102 valence electrons. The second-order valence-corrected chi connectivity index (χ2v) is 5.71. The van der Waals surface area contributed by atoms with E-state index in [1.54, 1.807) is 27.2 Å². The smallest absolute Gasteiger partial charge is 0.148 e. The van der Waals surface area contributed by atoms with Crippen LogP contribution in [0.2, 0.25) is 0 Å². The van der Waals surface area contributed by atoms with Gasteiger partial charge in [-0.1, -0.05) is 0 Å². The zero-order chi connectivity index (χ0) is 14.8. The molecule has 1 aromatic heterocycles. The number of ether oxygens (including phenoxy) is 1. The molecule has 5 heteroatoms. The predicted molar refractivity (Wildman–Crippen MR) is 80.4 cm³/mol. The molecule has 2 rings (SSSR count). The Labute approximate surface area is 126 Å². The van der Waals surface area contributed by atoms with Crippen molar-refractivity contribution in [2.75, 3.05) is 7.11 Å². The van der Waals surface area contributed by atoms with E-state index in [1.165, 1.54) is 0 Å². The van der Waals surface area contributed by atoms with E-state index >= 15 is 0 Å². The highest BCUT2D eigenvalue weighted by Gasteiger charge is 2.23. The highest BCUT2D eigenvalue weighted by atomic mass is 79.9. The van der Waals surface area contributed by atoms with Gasteiger partial charge in [0, 0.05) is 11.8 Å². The Morgan fingerprint density at radius 1 is 1.30 bits per heavy atom. The number of benzene rings is 1. The summed E-state index contributed by atoms with van der Waals surface area (Å²) < 4.78 is 6.07. The van der Waals surface area contributed by atoms with Gasteiger partial charge in [-0.25, -0.2) is 9.97 Å². The van der Waals surface area contributed by atoms with Crippen molar-refractivity contribution in [3.63, 3.8) is 0 Å². The number of halogens is 1. The van der Waals surface area contributed by atoms with E-state index in [9.17, 15) is 0 Å². The first-order chi connectivity index (χ1) is 9.47. The molecule has 0 saturated heterocycles. The lowest BCUT2D eigenvalue weighted by Crippen LogP contribution is -2.18.